The van der Waals surface area contributed by atoms with Crippen molar-refractivity contribution in [1.82, 2.24) is 19.5 Å². The van der Waals surface area contributed by atoms with Crippen LogP contribution in [0.5, 0.6) is 0 Å². The molecule has 1 fully saturated rings. The molecule has 5 rings (SSSR count). The van der Waals surface area contributed by atoms with Gasteiger partial charge in [0.1, 0.15) is 5.52 Å². The van der Waals surface area contributed by atoms with E-state index in [4.69, 9.17) is 4.98 Å². The Labute approximate surface area is 163 Å². The Bertz CT molecular complexity index is 1190. The van der Waals surface area contributed by atoms with Crippen LogP contribution in [0.3, 0.4) is 0 Å². The number of carbonyl (C=O) groups is 1. The van der Waals surface area contributed by atoms with Crippen molar-refractivity contribution in [3.05, 3.63) is 48.4 Å². The normalized spacial score (nSPS) is 16.6. The molecule has 1 aliphatic rings. The van der Waals surface area contributed by atoms with Crippen LogP contribution in [-0.2, 0) is 7.05 Å². The number of nitrogens with zero attached hydrogens (tertiary/aromatic N) is 3. The SMILES string of the molecule is Cn1cc(-c2cnc3[nH]cc(C(=O)C4(C)CCCCC4)c3n2)c2ccccc21. The van der Waals surface area contributed by atoms with E-state index in [-0.39, 0.29) is 11.2 Å². The summed E-state index contributed by atoms with van der Waals surface area (Å²) in [4.78, 5) is 26.0. The topological polar surface area (TPSA) is 63.6 Å². The Morgan fingerprint density at radius 2 is 1.96 bits per heavy atom. The molecule has 0 amide bonds. The van der Waals surface area contributed by atoms with Gasteiger partial charge in [0.15, 0.2) is 11.4 Å². The summed E-state index contributed by atoms with van der Waals surface area (Å²) in [7, 11) is 2.03. The van der Waals surface area contributed by atoms with Gasteiger partial charge in [0, 0.05) is 41.3 Å². The van der Waals surface area contributed by atoms with E-state index in [0.717, 1.165) is 47.8 Å². The molecular weight excluding hydrogens is 348 g/mol. The zero-order chi connectivity index (χ0) is 19.3. The predicted molar refractivity (Wildman–Crippen MR) is 111 cm³/mol. The molecule has 0 radical (unpaired) electrons. The van der Waals surface area contributed by atoms with Gasteiger partial charge in [-0.05, 0) is 18.9 Å². The lowest BCUT2D eigenvalue weighted by molar-refractivity contribution is 0.0751. The van der Waals surface area contributed by atoms with E-state index in [1.54, 1.807) is 12.4 Å². The monoisotopic (exact) mass is 372 g/mol. The van der Waals surface area contributed by atoms with Crippen molar-refractivity contribution in [3.8, 4) is 11.3 Å². The Morgan fingerprint density at radius 1 is 1.18 bits per heavy atom. The summed E-state index contributed by atoms with van der Waals surface area (Å²) in [6.07, 6.45) is 11.0. The summed E-state index contributed by atoms with van der Waals surface area (Å²) in [5.74, 6) is 0.197. The molecule has 1 N–H and O–H groups in total. The van der Waals surface area contributed by atoms with Gasteiger partial charge in [-0.1, -0.05) is 44.4 Å². The van der Waals surface area contributed by atoms with E-state index in [1.165, 1.54) is 6.42 Å². The molecule has 142 valence electrons. The van der Waals surface area contributed by atoms with Crippen LogP contribution in [0.4, 0.5) is 0 Å². The van der Waals surface area contributed by atoms with Gasteiger partial charge in [-0.2, -0.15) is 0 Å². The highest BCUT2D eigenvalue weighted by Gasteiger charge is 2.36. The number of hydrogen-bond acceptors (Lipinski definition) is 3. The van der Waals surface area contributed by atoms with Crippen molar-refractivity contribution >= 4 is 27.9 Å². The largest absolute Gasteiger partial charge is 0.350 e. The first-order chi connectivity index (χ1) is 13.6. The van der Waals surface area contributed by atoms with E-state index in [1.807, 2.05) is 19.2 Å². The van der Waals surface area contributed by atoms with Crippen molar-refractivity contribution < 1.29 is 4.79 Å². The van der Waals surface area contributed by atoms with Crippen molar-refractivity contribution in [2.45, 2.75) is 39.0 Å². The molecule has 5 heteroatoms. The first-order valence-corrected chi connectivity index (χ1v) is 10.0. The molecule has 1 aliphatic carbocycles. The Balaban J connectivity index is 1.63. The van der Waals surface area contributed by atoms with Gasteiger partial charge in [-0.25, -0.2) is 9.97 Å². The number of aromatic nitrogens is 4. The summed E-state index contributed by atoms with van der Waals surface area (Å²) >= 11 is 0. The maximum Gasteiger partial charge on any atom is 0.172 e. The van der Waals surface area contributed by atoms with E-state index in [2.05, 4.69) is 39.8 Å². The Morgan fingerprint density at radius 3 is 2.79 bits per heavy atom. The van der Waals surface area contributed by atoms with Crippen molar-refractivity contribution in [3.63, 3.8) is 0 Å². The molecule has 0 atom stereocenters. The lowest BCUT2D eigenvalue weighted by Gasteiger charge is -2.31. The molecule has 1 saturated carbocycles. The summed E-state index contributed by atoms with van der Waals surface area (Å²) in [5, 5.41) is 1.14. The number of hydrogen-bond donors (Lipinski definition) is 1. The number of para-hydroxylation sites is 1. The van der Waals surface area contributed by atoms with Crippen LogP contribution in [-0.4, -0.2) is 25.3 Å². The molecule has 0 aliphatic heterocycles. The summed E-state index contributed by atoms with van der Waals surface area (Å²) in [5.41, 5.74) is 4.73. The lowest BCUT2D eigenvalue weighted by Crippen LogP contribution is -2.30. The average molecular weight is 372 g/mol. The number of Topliss-reactive ketones (excluding diaryl/α,β-unsaturated/α-hetero) is 1. The molecule has 4 aromatic rings. The van der Waals surface area contributed by atoms with E-state index < -0.39 is 0 Å². The quantitative estimate of drug-likeness (QED) is 0.498. The molecule has 3 heterocycles. The predicted octanol–water partition coefficient (Wildman–Crippen LogP) is 5.27. The highest BCUT2D eigenvalue weighted by atomic mass is 16.1. The smallest absolute Gasteiger partial charge is 0.172 e. The van der Waals surface area contributed by atoms with Crippen LogP contribution < -0.4 is 0 Å². The summed E-state index contributed by atoms with van der Waals surface area (Å²) in [6, 6.07) is 8.27. The number of ketones is 1. The molecule has 28 heavy (non-hydrogen) atoms. The highest BCUT2D eigenvalue weighted by molar-refractivity contribution is 6.09. The van der Waals surface area contributed by atoms with Crippen LogP contribution in [0.25, 0.3) is 33.3 Å². The van der Waals surface area contributed by atoms with Gasteiger partial charge in [-0.3, -0.25) is 4.79 Å². The van der Waals surface area contributed by atoms with Crippen molar-refractivity contribution in [2.75, 3.05) is 0 Å². The molecule has 0 unspecified atom stereocenters. The van der Waals surface area contributed by atoms with Crippen LogP contribution >= 0.6 is 0 Å². The van der Waals surface area contributed by atoms with Gasteiger partial charge >= 0.3 is 0 Å². The molecule has 5 nitrogen and oxygen atoms in total. The summed E-state index contributed by atoms with van der Waals surface area (Å²) < 4.78 is 2.10. The number of rotatable bonds is 3. The van der Waals surface area contributed by atoms with E-state index in [0.29, 0.717) is 16.7 Å². The summed E-state index contributed by atoms with van der Waals surface area (Å²) in [6.45, 7) is 2.11. The minimum absolute atomic E-state index is 0.197. The van der Waals surface area contributed by atoms with Crippen LogP contribution in [0, 0.1) is 5.41 Å². The minimum Gasteiger partial charge on any atom is -0.350 e. The number of benzene rings is 1. The number of fused-ring (bicyclic) bond motifs is 2. The third-order valence-electron chi connectivity index (χ3n) is 6.30. The highest BCUT2D eigenvalue weighted by Crippen LogP contribution is 2.40. The number of aromatic amines is 1. The molecule has 0 bridgehead atoms. The molecular formula is C23H24N4O. The second-order valence-electron chi connectivity index (χ2n) is 8.28. The second-order valence-corrected chi connectivity index (χ2v) is 8.28. The third kappa shape index (κ3) is 2.57. The number of aryl methyl sites for hydroxylation is 1. The third-order valence-corrected chi connectivity index (χ3v) is 6.30. The van der Waals surface area contributed by atoms with Gasteiger partial charge in [0.2, 0.25) is 0 Å². The van der Waals surface area contributed by atoms with Crippen LogP contribution in [0.2, 0.25) is 0 Å². The van der Waals surface area contributed by atoms with Crippen molar-refractivity contribution in [1.29, 1.82) is 0 Å². The fourth-order valence-electron chi connectivity index (χ4n) is 4.62. The first-order valence-electron chi connectivity index (χ1n) is 10.0. The van der Waals surface area contributed by atoms with Crippen LogP contribution in [0.1, 0.15) is 49.4 Å². The van der Waals surface area contributed by atoms with Gasteiger partial charge in [0.25, 0.3) is 0 Å². The zero-order valence-electron chi connectivity index (χ0n) is 16.3. The van der Waals surface area contributed by atoms with Crippen molar-refractivity contribution in [2.24, 2.45) is 12.5 Å². The van der Waals surface area contributed by atoms with E-state index in [9.17, 15) is 4.79 Å². The fraction of sp³-hybridized carbons (Fsp3) is 0.348. The lowest BCUT2D eigenvalue weighted by atomic mass is 9.71. The van der Waals surface area contributed by atoms with Gasteiger partial charge in [0.05, 0.1) is 17.5 Å². The Hall–Kier alpha value is -2.95. The molecule has 0 saturated heterocycles. The maximum atomic E-state index is 13.4. The minimum atomic E-state index is -0.287. The second kappa shape index (κ2) is 6.30. The molecule has 0 spiro atoms. The van der Waals surface area contributed by atoms with Crippen LogP contribution in [0.15, 0.2) is 42.9 Å². The zero-order valence-corrected chi connectivity index (χ0v) is 16.3. The molecule has 1 aromatic carbocycles. The van der Waals surface area contributed by atoms with Gasteiger partial charge < -0.3 is 9.55 Å². The van der Waals surface area contributed by atoms with Gasteiger partial charge in [-0.15, -0.1) is 0 Å². The fourth-order valence-corrected chi connectivity index (χ4v) is 4.62. The van der Waals surface area contributed by atoms with E-state index >= 15 is 0 Å². The standard InChI is InChI=1S/C23H24N4O/c1-23(10-6-3-7-11-23)21(28)16-12-24-22-20(16)26-18(13-25-22)17-14-27(2)19-9-5-4-8-15(17)19/h4-5,8-9,12-14H,3,6-7,10-11H2,1-2H3,(H,24,25). The number of carbonyl (C=O) groups excluding carboxylic acids is 1. The number of nitrogens with one attached hydrogen (secondary N) is 1. The first kappa shape index (κ1) is 17.2. The molecule has 3 aromatic heterocycles. The Kier molecular flexibility index (Phi) is 3.86. The maximum absolute atomic E-state index is 13.4. The average Bonchev–Trinajstić information content (AvgIpc) is 3.29. The number of H-pyrrole nitrogens is 1.